The molecule has 0 bridgehead atoms. The lowest BCUT2D eigenvalue weighted by Crippen LogP contribution is -2.12. The molecule has 3 rings (SSSR count). The summed E-state index contributed by atoms with van der Waals surface area (Å²) >= 11 is 10.3. The number of benzene rings is 1. The molecule has 0 aliphatic carbocycles. The molecule has 2 N–H and O–H groups in total. The highest BCUT2D eigenvalue weighted by Gasteiger charge is 2.20. The van der Waals surface area contributed by atoms with E-state index in [0.29, 0.717) is 15.2 Å². The van der Waals surface area contributed by atoms with Gasteiger partial charge < -0.3 is 0 Å². The molecule has 0 saturated heterocycles. The van der Waals surface area contributed by atoms with Crippen molar-refractivity contribution < 1.29 is 8.42 Å². The average Bonchev–Trinajstić information content (AvgIpc) is 3.05. The second-order valence-corrected chi connectivity index (χ2v) is 9.19. The monoisotopic (exact) mass is 433 g/mol. The fraction of sp³-hybridized carbons (Fsp3) is 0. The molecular formula is C13H9BrClN3O3S2. The van der Waals surface area contributed by atoms with Gasteiger partial charge in [-0.25, -0.2) is 8.42 Å². The number of aromatic amines is 1. The quantitative estimate of drug-likeness (QED) is 0.660. The first-order valence-electron chi connectivity index (χ1n) is 6.21. The molecule has 0 amide bonds. The molecule has 23 heavy (non-hydrogen) atoms. The van der Waals surface area contributed by atoms with Crippen LogP contribution in [-0.2, 0) is 10.0 Å². The average molecular weight is 435 g/mol. The number of aromatic nitrogens is 2. The van der Waals surface area contributed by atoms with Crippen LogP contribution in [0.1, 0.15) is 0 Å². The summed E-state index contributed by atoms with van der Waals surface area (Å²) in [6, 6.07) is 9.40. The van der Waals surface area contributed by atoms with Crippen LogP contribution in [0.3, 0.4) is 0 Å². The highest BCUT2D eigenvalue weighted by Crippen LogP contribution is 2.35. The molecule has 6 nitrogen and oxygen atoms in total. The molecule has 10 heteroatoms. The maximum absolute atomic E-state index is 12.3. The van der Waals surface area contributed by atoms with E-state index in [4.69, 9.17) is 11.6 Å². The minimum atomic E-state index is -3.76. The number of rotatable bonds is 4. The smallest absolute Gasteiger partial charge is 0.264 e. The maximum Gasteiger partial charge on any atom is 0.264 e. The third-order valence-electron chi connectivity index (χ3n) is 2.92. The number of anilines is 1. The molecule has 0 saturated carbocycles. The van der Waals surface area contributed by atoms with Crippen molar-refractivity contribution in [2.45, 2.75) is 4.90 Å². The molecule has 120 valence electrons. The lowest BCUT2D eigenvalue weighted by molar-refractivity contribution is 0.601. The van der Waals surface area contributed by atoms with Crippen LogP contribution in [0.5, 0.6) is 0 Å². The second-order valence-electron chi connectivity index (χ2n) is 4.50. The fourth-order valence-electron chi connectivity index (χ4n) is 1.89. The largest absolute Gasteiger partial charge is 0.280 e. The standard InChI is InChI=1S/C13H9BrClN3O3S2/c14-11-7-10(13(15)22-11)23(20,21)17-8-1-3-9(4-2-8)18-6-5-12(19)16-18/h1-7,17H,(H,16,19). The SMILES string of the molecule is O=c1ccn(-c2ccc(NS(=O)(=O)c3cc(Br)sc3Cl)cc2)[nH]1. The molecule has 2 aromatic heterocycles. The lowest BCUT2D eigenvalue weighted by atomic mass is 10.3. The maximum atomic E-state index is 12.3. The highest BCUT2D eigenvalue weighted by atomic mass is 79.9. The summed E-state index contributed by atoms with van der Waals surface area (Å²) in [7, 11) is -3.76. The van der Waals surface area contributed by atoms with Crippen LogP contribution in [0.4, 0.5) is 5.69 Å². The van der Waals surface area contributed by atoms with Crippen LogP contribution < -0.4 is 10.3 Å². The first kappa shape index (κ1) is 16.3. The zero-order valence-corrected chi connectivity index (χ0v) is 15.3. The number of nitrogens with one attached hydrogen (secondary N) is 2. The molecule has 2 heterocycles. The van der Waals surface area contributed by atoms with E-state index in [1.54, 1.807) is 30.5 Å². The summed E-state index contributed by atoms with van der Waals surface area (Å²) in [4.78, 5) is 11.1. The number of halogens is 2. The van der Waals surface area contributed by atoms with E-state index in [1.165, 1.54) is 16.8 Å². The van der Waals surface area contributed by atoms with E-state index in [1.807, 2.05) is 0 Å². The van der Waals surface area contributed by atoms with Crippen molar-refractivity contribution in [2.75, 3.05) is 4.72 Å². The van der Waals surface area contributed by atoms with Crippen molar-refractivity contribution in [1.82, 2.24) is 9.78 Å². The van der Waals surface area contributed by atoms with Gasteiger partial charge in [-0.15, -0.1) is 11.3 Å². The predicted molar refractivity (Wildman–Crippen MR) is 94.2 cm³/mol. The fourth-order valence-corrected chi connectivity index (χ4v) is 5.73. The van der Waals surface area contributed by atoms with Crippen molar-refractivity contribution in [3.05, 3.63) is 61.1 Å². The molecular weight excluding hydrogens is 426 g/mol. The Bertz CT molecular complexity index is 1010. The van der Waals surface area contributed by atoms with Crippen LogP contribution in [0.2, 0.25) is 4.34 Å². The normalized spacial score (nSPS) is 11.6. The first-order chi connectivity index (χ1) is 10.8. The minimum Gasteiger partial charge on any atom is -0.280 e. The van der Waals surface area contributed by atoms with Crippen LogP contribution >= 0.6 is 38.9 Å². The molecule has 0 radical (unpaired) electrons. The van der Waals surface area contributed by atoms with Gasteiger partial charge in [-0.3, -0.25) is 19.3 Å². The number of sulfonamides is 1. The summed E-state index contributed by atoms with van der Waals surface area (Å²) in [5.74, 6) is 0. The van der Waals surface area contributed by atoms with Gasteiger partial charge >= 0.3 is 0 Å². The Hall–Kier alpha value is -1.55. The molecule has 0 aliphatic heterocycles. The molecule has 1 aromatic carbocycles. The Morgan fingerprint density at radius 2 is 1.91 bits per heavy atom. The first-order valence-corrected chi connectivity index (χ1v) is 9.68. The van der Waals surface area contributed by atoms with E-state index in [2.05, 4.69) is 25.8 Å². The molecule has 0 atom stereocenters. The predicted octanol–water partition coefficient (Wildman–Crippen LogP) is 3.44. The van der Waals surface area contributed by atoms with Gasteiger partial charge in [-0.05, 0) is 46.3 Å². The molecule has 0 aliphatic rings. The van der Waals surface area contributed by atoms with Gasteiger partial charge in [0.25, 0.3) is 15.6 Å². The molecule has 0 spiro atoms. The number of hydrogen-bond donors (Lipinski definition) is 2. The minimum absolute atomic E-state index is 0.0230. The summed E-state index contributed by atoms with van der Waals surface area (Å²) in [6.45, 7) is 0. The third kappa shape index (κ3) is 3.52. The van der Waals surface area contributed by atoms with Crippen LogP contribution in [0.15, 0.2) is 56.1 Å². The number of nitrogens with zero attached hydrogens (tertiary/aromatic N) is 1. The summed E-state index contributed by atoms with van der Waals surface area (Å²) < 4.78 is 29.5. The van der Waals surface area contributed by atoms with Crippen LogP contribution in [-0.4, -0.2) is 18.2 Å². The molecule has 0 fully saturated rings. The second kappa shape index (κ2) is 6.16. The van der Waals surface area contributed by atoms with E-state index in [9.17, 15) is 13.2 Å². The van der Waals surface area contributed by atoms with Gasteiger partial charge in [0.2, 0.25) is 0 Å². The Labute approximate surface area is 148 Å². The summed E-state index contributed by atoms with van der Waals surface area (Å²) in [5, 5.41) is 2.60. The number of H-pyrrole nitrogens is 1. The van der Waals surface area contributed by atoms with Gasteiger partial charge in [0, 0.05) is 18.0 Å². The lowest BCUT2D eigenvalue weighted by Gasteiger charge is -2.08. The van der Waals surface area contributed by atoms with E-state index < -0.39 is 10.0 Å². The Morgan fingerprint density at radius 1 is 1.22 bits per heavy atom. The van der Waals surface area contributed by atoms with Crippen molar-refractivity contribution in [3.63, 3.8) is 0 Å². The topological polar surface area (TPSA) is 84.0 Å². The molecule has 0 unspecified atom stereocenters. The van der Waals surface area contributed by atoms with Gasteiger partial charge in [0.05, 0.1) is 9.47 Å². The summed E-state index contributed by atoms with van der Waals surface area (Å²) in [6.07, 6.45) is 1.59. The Morgan fingerprint density at radius 3 is 2.43 bits per heavy atom. The Kier molecular flexibility index (Phi) is 4.37. The van der Waals surface area contributed by atoms with E-state index >= 15 is 0 Å². The zero-order valence-electron chi connectivity index (χ0n) is 11.3. The van der Waals surface area contributed by atoms with Crippen molar-refractivity contribution in [1.29, 1.82) is 0 Å². The molecule has 3 aromatic rings. The van der Waals surface area contributed by atoms with Crippen molar-refractivity contribution in [2.24, 2.45) is 0 Å². The number of hydrogen-bond acceptors (Lipinski definition) is 4. The van der Waals surface area contributed by atoms with Crippen LogP contribution in [0, 0.1) is 0 Å². The van der Waals surface area contributed by atoms with Crippen LogP contribution in [0.25, 0.3) is 5.69 Å². The van der Waals surface area contributed by atoms with Gasteiger partial charge in [0.1, 0.15) is 9.23 Å². The Balaban J connectivity index is 1.86. The third-order valence-corrected chi connectivity index (χ3v) is 6.43. The van der Waals surface area contributed by atoms with Crippen molar-refractivity contribution in [3.8, 4) is 5.69 Å². The number of thiophene rings is 1. The van der Waals surface area contributed by atoms with Gasteiger partial charge in [0.15, 0.2) is 0 Å². The van der Waals surface area contributed by atoms with Crippen molar-refractivity contribution >= 4 is 54.6 Å². The van der Waals surface area contributed by atoms with Gasteiger partial charge in [-0.2, -0.15) is 0 Å². The van der Waals surface area contributed by atoms with Gasteiger partial charge in [-0.1, -0.05) is 11.6 Å². The highest BCUT2D eigenvalue weighted by molar-refractivity contribution is 9.11. The summed E-state index contributed by atoms with van der Waals surface area (Å²) in [5.41, 5.74) is 0.875. The van der Waals surface area contributed by atoms with E-state index in [0.717, 1.165) is 11.3 Å². The van der Waals surface area contributed by atoms with E-state index in [-0.39, 0.29) is 14.8 Å². The zero-order chi connectivity index (χ0) is 16.6.